The summed E-state index contributed by atoms with van der Waals surface area (Å²) in [5.41, 5.74) is 5.82. The Bertz CT molecular complexity index is 467. The molecule has 1 fully saturated rings. The molecule has 0 saturated carbocycles. The molecule has 0 aliphatic carbocycles. The average Bonchev–Trinajstić information content (AvgIpc) is 2.37. The van der Waals surface area contributed by atoms with Gasteiger partial charge < -0.3 is 11.1 Å². The summed E-state index contributed by atoms with van der Waals surface area (Å²) in [4.78, 5) is 13.9. The molecule has 1 amide bonds. The van der Waals surface area contributed by atoms with Crippen molar-refractivity contribution < 1.29 is 13.6 Å². The second-order valence-corrected chi connectivity index (χ2v) is 5.06. The van der Waals surface area contributed by atoms with Crippen molar-refractivity contribution in [3.63, 3.8) is 0 Å². The summed E-state index contributed by atoms with van der Waals surface area (Å²) in [5, 5.41) is 2.51. The fourth-order valence-electron chi connectivity index (χ4n) is 2.55. The third-order valence-electron chi connectivity index (χ3n) is 3.51. The van der Waals surface area contributed by atoms with Gasteiger partial charge in [0.05, 0.1) is 6.54 Å². The maximum Gasteiger partial charge on any atom is 0.238 e. The van der Waals surface area contributed by atoms with E-state index in [1.807, 2.05) is 4.90 Å². The lowest BCUT2D eigenvalue weighted by atomic mass is 10.0. The van der Waals surface area contributed by atoms with E-state index in [0.29, 0.717) is 6.54 Å². The number of benzene rings is 1. The van der Waals surface area contributed by atoms with Crippen molar-refractivity contribution in [3.05, 3.63) is 29.8 Å². The van der Waals surface area contributed by atoms with E-state index in [9.17, 15) is 13.6 Å². The average molecular weight is 320 g/mol. The lowest BCUT2D eigenvalue weighted by Gasteiger charge is -2.34. The van der Waals surface area contributed by atoms with Crippen molar-refractivity contribution >= 4 is 24.0 Å². The molecule has 118 valence electrons. The second-order valence-electron chi connectivity index (χ2n) is 5.06. The minimum absolute atomic E-state index is 0. The van der Waals surface area contributed by atoms with Crippen LogP contribution in [0.2, 0.25) is 0 Å². The molecule has 1 unspecified atom stereocenters. The van der Waals surface area contributed by atoms with Crippen LogP contribution in [-0.4, -0.2) is 36.5 Å². The van der Waals surface area contributed by atoms with Crippen LogP contribution < -0.4 is 11.1 Å². The van der Waals surface area contributed by atoms with Crippen molar-refractivity contribution in [2.45, 2.75) is 25.3 Å². The highest BCUT2D eigenvalue weighted by atomic mass is 35.5. The molecular weight excluding hydrogens is 300 g/mol. The highest BCUT2D eigenvalue weighted by Crippen LogP contribution is 2.17. The molecule has 21 heavy (non-hydrogen) atoms. The van der Waals surface area contributed by atoms with Gasteiger partial charge in [0.15, 0.2) is 0 Å². The summed E-state index contributed by atoms with van der Waals surface area (Å²) in [6, 6.07) is 3.17. The van der Waals surface area contributed by atoms with E-state index < -0.39 is 11.6 Å². The van der Waals surface area contributed by atoms with Crippen molar-refractivity contribution in [3.8, 4) is 0 Å². The molecular formula is C14H20ClF2N3O. The molecule has 1 aromatic rings. The van der Waals surface area contributed by atoms with Gasteiger partial charge in [-0.25, -0.2) is 8.78 Å². The maximum atomic E-state index is 13.0. The van der Waals surface area contributed by atoms with Gasteiger partial charge in [0.1, 0.15) is 11.6 Å². The van der Waals surface area contributed by atoms with Crippen LogP contribution in [0.3, 0.4) is 0 Å². The molecule has 3 N–H and O–H groups in total. The molecule has 1 saturated heterocycles. The first-order valence-electron chi connectivity index (χ1n) is 6.78. The van der Waals surface area contributed by atoms with Crippen LogP contribution in [0.5, 0.6) is 0 Å². The van der Waals surface area contributed by atoms with E-state index in [0.717, 1.165) is 44.0 Å². The normalized spacial score (nSPS) is 18.9. The van der Waals surface area contributed by atoms with Crippen LogP contribution in [0.15, 0.2) is 18.2 Å². The predicted molar refractivity (Wildman–Crippen MR) is 80.5 cm³/mol. The summed E-state index contributed by atoms with van der Waals surface area (Å²) in [6.45, 7) is 1.54. The second kappa shape index (κ2) is 8.26. The van der Waals surface area contributed by atoms with Gasteiger partial charge in [0, 0.05) is 24.3 Å². The van der Waals surface area contributed by atoms with Gasteiger partial charge in [-0.05, 0) is 31.5 Å². The molecule has 0 aromatic heterocycles. The number of nitrogens with zero attached hydrogens (tertiary/aromatic N) is 1. The number of hydrogen-bond acceptors (Lipinski definition) is 3. The first-order valence-corrected chi connectivity index (χ1v) is 6.78. The Kier molecular flexibility index (Phi) is 7.01. The molecule has 1 heterocycles. The van der Waals surface area contributed by atoms with Crippen LogP contribution in [0.25, 0.3) is 0 Å². The van der Waals surface area contributed by atoms with Gasteiger partial charge in [-0.2, -0.15) is 0 Å². The molecule has 7 heteroatoms. The number of carbonyl (C=O) groups excluding carboxylic acids is 1. The number of amides is 1. The number of nitrogens with one attached hydrogen (secondary N) is 1. The highest BCUT2D eigenvalue weighted by molar-refractivity contribution is 5.92. The van der Waals surface area contributed by atoms with Crippen LogP contribution in [0.4, 0.5) is 14.5 Å². The van der Waals surface area contributed by atoms with Gasteiger partial charge in [-0.3, -0.25) is 9.69 Å². The Balaban J connectivity index is 0.00000220. The molecule has 0 radical (unpaired) electrons. The largest absolute Gasteiger partial charge is 0.329 e. The van der Waals surface area contributed by atoms with Crippen molar-refractivity contribution in [1.82, 2.24) is 4.90 Å². The number of rotatable bonds is 4. The van der Waals surface area contributed by atoms with E-state index in [1.165, 1.54) is 0 Å². The van der Waals surface area contributed by atoms with E-state index in [1.54, 1.807) is 0 Å². The molecule has 1 aromatic carbocycles. The van der Waals surface area contributed by atoms with Gasteiger partial charge in [0.25, 0.3) is 0 Å². The Labute approximate surface area is 129 Å². The maximum absolute atomic E-state index is 13.0. The summed E-state index contributed by atoms with van der Waals surface area (Å²) in [5.74, 6) is -1.70. The number of carbonyl (C=O) groups is 1. The Morgan fingerprint density at radius 2 is 1.95 bits per heavy atom. The quantitative estimate of drug-likeness (QED) is 0.894. The minimum Gasteiger partial charge on any atom is -0.329 e. The van der Waals surface area contributed by atoms with Crippen molar-refractivity contribution in [1.29, 1.82) is 0 Å². The molecule has 2 rings (SSSR count). The number of likely N-dealkylation sites (tertiary alicyclic amines) is 1. The Morgan fingerprint density at radius 1 is 1.29 bits per heavy atom. The summed E-state index contributed by atoms with van der Waals surface area (Å²) in [6.07, 6.45) is 3.14. The van der Waals surface area contributed by atoms with E-state index in [2.05, 4.69) is 5.32 Å². The molecule has 1 aliphatic rings. The molecule has 0 bridgehead atoms. The number of anilines is 1. The van der Waals surface area contributed by atoms with Crippen LogP contribution in [0.1, 0.15) is 19.3 Å². The predicted octanol–water partition coefficient (Wildman–Crippen LogP) is 2.14. The summed E-state index contributed by atoms with van der Waals surface area (Å²) in [7, 11) is 0. The molecule has 4 nitrogen and oxygen atoms in total. The highest BCUT2D eigenvalue weighted by Gasteiger charge is 2.23. The van der Waals surface area contributed by atoms with Gasteiger partial charge in [-0.1, -0.05) is 6.42 Å². The standard InChI is InChI=1S/C14H19F2N3O.ClH/c15-10-5-11(16)7-12(6-10)18-14(20)9-19-4-2-1-3-13(19)8-17;/h5-7,13H,1-4,8-9,17H2,(H,18,20);1H. The van der Waals surface area contributed by atoms with E-state index >= 15 is 0 Å². The summed E-state index contributed by atoms with van der Waals surface area (Å²) < 4.78 is 26.1. The smallest absolute Gasteiger partial charge is 0.238 e. The zero-order valence-corrected chi connectivity index (χ0v) is 12.5. The van der Waals surface area contributed by atoms with Crippen molar-refractivity contribution in [2.24, 2.45) is 5.73 Å². The zero-order chi connectivity index (χ0) is 14.5. The number of halogens is 3. The minimum atomic E-state index is -0.710. The Hall–Kier alpha value is -1.24. The van der Waals surface area contributed by atoms with Crippen LogP contribution in [-0.2, 0) is 4.79 Å². The molecule has 1 atom stereocenters. The third-order valence-corrected chi connectivity index (χ3v) is 3.51. The zero-order valence-electron chi connectivity index (χ0n) is 11.6. The van der Waals surface area contributed by atoms with Gasteiger partial charge in [0.2, 0.25) is 5.91 Å². The van der Waals surface area contributed by atoms with Crippen LogP contribution >= 0.6 is 12.4 Å². The fraction of sp³-hybridized carbons (Fsp3) is 0.500. The Morgan fingerprint density at radius 3 is 2.57 bits per heavy atom. The SMILES string of the molecule is Cl.NCC1CCCCN1CC(=O)Nc1cc(F)cc(F)c1. The monoisotopic (exact) mass is 319 g/mol. The molecule has 1 aliphatic heterocycles. The first-order chi connectivity index (χ1) is 9.58. The first kappa shape index (κ1) is 17.8. The van der Waals surface area contributed by atoms with Gasteiger partial charge >= 0.3 is 0 Å². The van der Waals surface area contributed by atoms with Crippen LogP contribution in [0, 0.1) is 11.6 Å². The summed E-state index contributed by atoms with van der Waals surface area (Å²) >= 11 is 0. The lowest BCUT2D eigenvalue weighted by molar-refractivity contribution is -0.118. The lowest BCUT2D eigenvalue weighted by Crippen LogP contribution is -2.47. The molecule has 0 spiro atoms. The fourth-order valence-corrected chi connectivity index (χ4v) is 2.55. The van der Waals surface area contributed by atoms with Crippen molar-refractivity contribution in [2.75, 3.05) is 25.0 Å². The van der Waals surface area contributed by atoms with E-state index in [4.69, 9.17) is 5.73 Å². The van der Waals surface area contributed by atoms with E-state index in [-0.39, 0.29) is 36.6 Å². The topological polar surface area (TPSA) is 58.4 Å². The number of hydrogen-bond donors (Lipinski definition) is 2. The van der Waals surface area contributed by atoms with Gasteiger partial charge in [-0.15, -0.1) is 12.4 Å². The third kappa shape index (κ3) is 5.22. The number of piperidine rings is 1. The number of nitrogens with two attached hydrogens (primary N) is 1.